The maximum Gasteiger partial charge on any atom is 0.146 e. The zero-order chi connectivity index (χ0) is 11.2. The molecule has 0 saturated carbocycles. The molecular weight excluding hydrogens is 206 g/mol. The minimum Gasteiger partial charge on any atom is -0.382 e. The third kappa shape index (κ3) is 3.32. The van der Waals surface area contributed by atoms with Crippen LogP contribution >= 0.6 is 0 Å². The third-order valence-electron chi connectivity index (χ3n) is 2.49. The van der Waals surface area contributed by atoms with Crippen LogP contribution in [0, 0.1) is 0 Å². The Morgan fingerprint density at radius 3 is 2.94 bits per heavy atom. The van der Waals surface area contributed by atoms with E-state index in [1.807, 2.05) is 0 Å². The van der Waals surface area contributed by atoms with Gasteiger partial charge in [0.25, 0.3) is 0 Å². The van der Waals surface area contributed by atoms with E-state index in [4.69, 9.17) is 10.5 Å². The van der Waals surface area contributed by atoms with Gasteiger partial charge in [-0.1, -0.05) is 0 Å². The molecule has 16 heavy (non-hydrogen) atoms. The molecule has 6 nitrogen and oxygen atoms in total. The molecule has 6 heteroatoms. The first-order chi connectivity index (χ1) is 7.84. The van der Waals surface area contributed by atoms with E-state index in [0.29, 0.717) is 5.82 Å². The van der Waals surface area contributed by atoms with Gasteiger partial charge in [0.05, 0.1) is 25.6 Å². The van der Waals surface area contributed by atoms with Crippen LogP contribution in [0.1, 0.15) is 0 Å². The zero-order valence-corrected chi connectivity index (χ0v) is 9.22. The molecule has 88 valence electrons. The molecule has 0 radical (unpaired) electrons. The van der Waals surface area contributed by atoms with Crippen LogP contribution in [0.5, 0.6) is 0 Å². The number of hydrogen-bond acceptors (Lipinski definition) is 6. The summed E-state index contributed by atoms with van der Waals surface area (Å²) in [7, 11) is 0. The second-order valence-corrected chi connectivity index (χ2v) is 3.71. The topological polar surface area (TPSA) is 76.3 Å². The molecule has 1 saturated heterocycles. The summed E-state index contributed by atoms with van der Waals surface area (Å²) < 4.78 is 5.28. The van der Waals surface area contributed by atoms with Crippen LogP contribution in [0.25, 0.3) is 0 Å². The summed E-state index contributed by atoms with van der Waals surface area (Å²) in [5.41, 5.74) is 5.53. The molecule has 0 bridgehead atoms. The van der Waals surface area contributed by atoms with Crippen molar-refractivity contribution in [3.8, 4) is 0 Å². The molecule has 1 aliphatic heterocycles. The van der Waals surface area contributed by atoms with E-state index in [9.17, 15) is 0 Å². The van der Waals surface area contributed by atoms with Gasteiger partial charge in [-0.2, -0.15) is 0 Å². The summed E-state index contributed by atoms with van der Waals surface area (Å²) in [4.78, 5) is 10.4. The van der Waals surface area contributed by atoms with Crippen LogP contribution in [0.15, 0.2) is 12.4 Å². The van der Waals surface area contributed by atoms with Crippen molar-refractivity contribution in [2.75, 3.05) is 50.4 Å². The van der Waals surface area contributed by atoms with Crippen molar-refractivity contribution in [2.24, 2.45) is 0 Å². The van der Waals surface area contributed by atoms with Crippen LogP contribution in [0.3, 0.4) is 0 Å². The zero-order valence-electron chi connectivity index (χ0n) is 9.22. The summed E-state index contributed by atoms with van der Waals surface area (Å²) in [6, 6.07) is 0. The van der Waals surface area contributed by atoms with Gasteiger partial charge in [0.15, 0.2) is 0 Å². The van der Waals surface area contributed by atoms with Crippen molar-refractivity contribution >= 4 is 11.6 Å². The molecule has 0 amide bonds. The van der Waals surface area contributed by atoms with Crippen LogP contribution in [-0.2, 0) is 4.74 Å². The number of nitrogen functional groups attached to an aromatic ring is 1. The summed E-state index contributed by atoms with van der Waals surface area (Å²) >= 11 is 0. The van der Waals surface area contributed by atoms with E-state index in [2.05, 4.69) is 20.2 Å². The van der Waals surface area contributed by atoms with E-state index in [1.54, 1.807) is 6.20 Å². The van der Waals surface area contributed by atoms with Crippen molar-refractivity contribution in [1.82, 2.24) is 14.9 Å². The van der Waals surface area contributed by atoms with Gasteiger partial charge in [-0.25, -0.2) is 4.98 Å². The van der Waals surface area contributed by atoms with Gasteiger partial charge in [0.1, 0.15) is 11.6 Å². The SMILES string of the molecule is Nc1cncc(NCCN2CCOCC2)n1. The van der Waals surface area contributed by atoms with Crippen molar-refractivity contribution in [2.45, 2.75) is 0 Å². The average Bonchev–Trinajstić information content (AvgIpc) is 2.30. The first kappa shape index (κ1) is 11.1. The number of nitrogens with zero attached hydrogens (tertiary/aromatic N) is 3. The highest BCUT2D eigenvalue weighted by molar-refractivity contribution is 5.38. The van der Waals surface area contributed by atoms with E-state index < -0.39 is 0 Å². The molecule has 0 aromatic carbocycles. The van der Waals surface area contributed by atoms with Crippen LogP contribution < -0.4 is 11.1 Å². The Balaban J connectivity index is 1.71. The number of aromatic nitrogens is 2. The van der Waals surface area contributed by atoms with E-state index in [-0.39, 0.29) is 0 Å². The fourth-order valence-electron chi connectivity index (χ4n) is 1.63. The quantitative estimate of drug-likeness (QED) is 0.736. The molecule has 2 rings (SSSR count). The molecule has 1 aliphatic rings. The number of nitrogens with two attached hydrogens (primary N) is 1. The summed E-state index contributed by atoms with van der Waals surface area (Å²) in [5, 5.41) is 3.20. The Kier molecular flexibility index (Phi) is 3.90. The Labute approximate surface area is 94.8 Å². The molecule has 0 atom stereocenters. The smallest absolute Gasteiger partial charge is 0.146 e. The van der Waals surface area contributed by atoms with Crippen LogP contribution in [0.2, 0.25) is 0 Å². The van der Waals surface area contributed by atoms with Crippen molar-refractivity contribution in [3.05, 3.63) is 12.4 Å². The van der Waals surface area contributed by atoms with E-state index in [0.717, 1.165) is 45.2 Å². The Hall–Kier alpha value is -1.40. The second-order valence-electron chi connectivity index (χ2n) is 3.71. The van der Waals surface area contributed by atoms with Gasteiger partial charge in [-0.3, -0.25) is 9.88 Å². The fraction of sp³-hybridized carbons (Fsp3) is 0.600. The molecule has 0 spiro atoms. The number of nitrogens with one attached hydrogen (secondary N) is 1. The standard InChI is InChI=1S/C10H17N5O/c11-9-7-12-8-10(14-9)13-1-2-15-3-5-16-6-4-15/h7-8H,1-6H2,(H3,11,13,14). The van der Waals surface area contributed by atoms with Crippen molar-refractivity contribution in [1.29, 1.82) is 0 Å². The minimum absolute atomic E-state index is 0.441. The lowest BCUT2D eigenvalue weighted by Gasteiger charge is -2.26. The van der Waals surface area contributed by atoms with Crippen molar-refractivity contribution < 1.29 is 4.74 Å². The van der Waals surface area contributed by atoms with Gasteiger partial charge >= 0.3 is 0 Å². The molecule has 3 N–H and O–H groups in total. The first-order valence-corrected chi connectivity index (χ1v) is 5.46. The van der Waals surface area contributed by atoms with Crippen LogP contribution in [-0.4, -0.2) is 54.3 Å². The predicted octanol–water partition coefficient (Wildman–Crippen LogP) is -0.197. The number of anilines is 2. The second kappa shape index (κ2) is 5.62. The normalized spacial score (nSPS) is 17.2. The fourth-order valence-corrected chi connectivity index (χ4v) is 1.63. The van der Waals surface area contributed by atoms with Crippen LogP contribution in [0.4, 0.5) is 11.6 Å². The first-order valence-electron chi connectivity index (χ1n) is 5.46. The lowest BCUT2D eigenvalue weighted by atomic mass is 10.4. The summed E-state index contributed by atoms with van der Waals surface area (Å²) in [6.45, 7) is 5.50. The number of ether oxygens (including phenoxy) is 1. The molecule has 0 unspecified atom stereocenters. The lowest BCUT2D eigenvalue weighted by molar-refractivity contribution is 0.0398. The number of rotatable bonds is 4. The third-order valence-corrected chi connectivity index (χ3v) is 2.49. The molecule has 1 aromatic rings. The molecule has 2 heterocycles. The highest BCUT2D eigenvalue weighted by Crippen LogP contribution is 2.02. The Bertz CT molecular complexity index is 327. The maximum absolute atomic E-state index is 5.53. The predicted molar refractivity (Wildman–Crippen MR) is 62.2 cm³/mol. The Morgan fingerprint density at radius 1 is 1.38 bits per heavy atom. The maximum atomic E-state index is 5.53. The lowest BCUT2D eigenvalue weighted by Crippen LogP contribution is -2.39. The van der Waals surface area contributed by atoms with Gasteiger partial charge in [0, 0.05) is 26.2 Å². The monoisotopic (exact) mass is 223 g/mol. The highest BCUT2D eigenvalue weighted by Gasteiger charge is 2.09. The van der Waals surface area contributed by atoms with E-state index in [1.165, 1.54) is 6.20 Å². The molecule has 1 fully saturated rings. The highest BCUT2D eigenvalue weighted by atomic mass is 16.5. The molecular formula is C10H17N5O. The number of morpholine rings is 1. The summed E-state index contributed by atoms with van der Waals surface area (Å²) in [6.07, 6.45) is 3.21. The van der Waals surface area contributed by atoms with Gasteiger partial charge < -0.3 is 15.8 Å². The summed E-state index contributed by atoms with van der Waals surface area (Å²) in [5.74, 6) is 1.17. The number of hydrogen-bond donors (Lipinski definition) is 2. The minimum atomic E-state index is 0.441. The van der Waals surface area contributed by atoms with Crippen molar-refractivity contribution in [3.63, 3.8) is 0 Å². The van der Waals surface area contributed by atoms with E-state index >= 15 is 0 Å². The van der Waals surface area contributed by atoms with Gasteiger partial charge in [0.2, 0.25) is 0 Å². The largest absolute Gasteiger partial charge is 0.382 e. The molecule has 1 aromatic heterocycles. The average molecular weight is 223 g/mol. The van der Waals surface area contributed by atoms with Gasteiger partial charge in [-0.05, 0) is 0 Å². The Morgan fingerprint density at radius 2 is 2.19 bits per heavy atom. The van der Waals surface area contributed by atoms with Gasteiger partial charge in [-0.15, -0.1) is 0 Å². The molecule has 0 aliphatic carbocycles.